The summed E-state index contributed by atoms with van der Waals surface area (Å²) in [7, 11) is 0. The second-order valence-corrected chi connectivity index (χ2v) is 9.30. The Kier molecular flexibility index (Phi) is 7.23. The van der Waals surface area contributed by atoms with E-state index in [0.717, 1.165) is 0 Å². The summed E-state index contributed by atoms with van der Waals surface area (Å²) < 4.78 is 114. The van der Waals surface area contributed by atoms with Gasteiger partial charge in [-0.2, -0.15) is 8.78 Å². The van der Waals surface area contributed by atoms with Crippen LogP contribution >= 0.6 is 0 Å². The molecule has 1 saturated heterocycles. The van der Waals surface area contributed by atoms with Crippen molar-refractivity contribution in [2.75, 3.05) is 13.2 Å². The SMILES string of the molecule is FOc1c(F)cc(OC(F)(F)c2c(F)cc(-c3ccc(C4OCC(C5CCC5)CO4)cc3)cc2F)cc1F. The minimum atomic E-state index is -4.67. The molecule has 0 amide bonds. The summed E-state index contributed by atoms with van der Waals surface area (Å²) in [6, 6.07) is 8.13. The minimum Gasteiger partial charge on any atom is -0.429 e. The molecule has 202 valence electrons. The van der Waals surface area contributed by atoms with Gasteiger partial charge in [-0.1, -0.05) is 43.5 Å². The molecule has 0 atom stereocenters. The second kappa shape index (κ2) is 10.5. The molecule has 3 aromatic carbocycles. The van der Waals surface area contributed by atoms with E-state index in [4.69, 9.17) is 9.47 Å². The van der Waals surface area contributed by atoms with Crippen molar-refractivity contribution in [2.45, 2.75) is 31.7 Å². The molecule has 1 aliphatic carbocycles. The first-order valence-corrected chi connectivity index (χ1v) is 11.8. The van der Waals surface area contributed by atoms with E-state index < -0.39 is 52.7 Å². The van der Waals surface area contributed by atoms with Gasteiger partial charge >= 0.3 is 6.11 Å². The Morgan fingerprint density at radius 1 is 0.737 bits per heavy atom. The molecule has 0 bridgehead atoms. The van der Waals surface area contributed by atoms with Crippen LogP contribution in [-0.4, -0.2) is 13.2 Å². The van der Waals surface area contributed by atoms with Gasteiger partial charge in [-0.25, -0.2) is 17.6 Å². The Bertz CT molecular complexity index is 1260. The van der Waals surface area contributed by atoms with Gasteiger partial charge < -0.3 is 14.2 Å². The molecule has 0 N–H and O–H groups in total. The largest absolute Gasteiger partial charge is 0.432 e. The van der Waals surface area contributed by atoms with E-state index in [1.165, 1.54) is 19.3 Å². The summed E-state index contributed by atoms with van der Waals surface area (Å²) >= 11 is 0. The number of hydrogen-bond donors (Lipinski definition) is 0. The molecular formula is C27H21F7O4. The molecular weight excluding hydrogens is 521 g/mol. The van der Waals surface area contributed by atoms with Gasteiger partial charge in [-0.3, -0.25) is 4.94 Å². The lowest BCUT2D eigenvalue weighted by atomic mass is 9.76. The third-order valence-corrected chi connectivity index (χ3v) is 6.88. The molecule has 0 radical (unpaired) electrons. The van der Waals surface area contributed by atoms with Crippen LogP contribution in [0.15, 0.2) is 48.5 Å². The average Bonchev–Trinajstić information content (AvgIpc) is 2.82. The highest BCUT2D eigenvalue weighted by Gasteiger charge is 2.41. The zero-order valence-electron chi connectivity index (χ0n) is 19.7. The highest BCUT2D eigenvalue weighted by atomic mass is 19.3. The van der Waals surface area contributed by atoms with Crippen molar-refractivity contribution in [1.82, 2.24) is 0 Å². The molecule has 5 rings (SSSR count). The Morgan fingerprint density at radius 3 is 1.82 bits per heavy atom. The third-order valence-electron chi connectivity index (χ3n) is 6.88. The maximum atomic E-state index is 14.7. The second-order valence-electron chi connectivity index (χ2n) is 9.30. The first-order valence-electron chi connectivity index (χ1n) is 11.8. The lowest BCUT2D eigenvalue weighted by Crippen LogP contribution is -2.35. The van der Waals surface area contributed by atoms with Gasteiger partial charge in [0.25, 0.3) is 0 Å². The third kappa shape index (κ3) is 5.17. The molecule has 4 nitrogen and oxygen atoms in total. The fourth-order valence-electron chi connectivity index (χ4n) is 4.61. The Labute approximate surface area is 212 Å². The van der Waals surface area contributed by atoms with Crippen LogP contribution in [0.5, 0.6) is 11.5 Å². The molecule has 0 unspecified atom stereocenters. The molecule has 3 aromatic rings. The predicted molar refractivity (Wildman–Crippen MR) is 120 cm³/mol. The van der Waals surface area contributed by atoms with E-state index in [9.17, 15) is 30.9 Å². The molecule has 0 spiro atoms. The molecule has 2 aliphatic rings. The first-order chi connectivity index (χ1) is 18.2. The fraction of sp³-hybridized carbons (Fsp3) is 0.333. The van der Waals surface area contributed by atoms with Crippen molar-refractivity contribution >= 4 is 0 Å². The highest BCUT2D eigenvalue weighted by Crippen LogP contribution is 2.40. The topological polar surface area (TPSA) is 36.9 Å². The number of rotatable bonds is 7. The fourth-order valence-corrected chi connectivity index (χ4v) is 4.61. The Balaban J connectivity index is 1.31. The van der Waals surface area contributed by atoms with Gasteiger partial charge in [0.1, 0.15) is 22.9 Å². The van der Waals surface area contributed by atoms with Crippen molar-refractivity contribution in [2.24, 2.45) is 11.8 Å². The molecule has 1 heterocycles. The molecule has 1 aliphatic heterocycles. The molecule has 1 saturated carbocycles. The van der Waals surface area contributed by atoms with E-state index in [2.05, 4.69) is 9.68 Å². The Morgan fingerprint density at radius 2 is 1.32 bits per heavy atom. The summed E-state index contributed by atoms with van der Waals surface area (Å²) in [5.41, 5.74) is -0.781. The normalized spacial score (nSPS) is 20.2. The highest BCUT2D eigenvalue weighted by molar-refractivity contribution is 5.64. The molecule has 2 fully saturated rings. The lowest BCUT2D eigenvalue weighted by Gasteiger charge is -2.38. The zero-order valence-corrected chi connectivity index (χ0v) is 19.7. The van der Waals surface area contributed by atoms with Crippen molar-refractivity contribution in [3.8, 4) is 22.6 Å². The van der Waals surface area contributed by atoms with Gasteiger partial charge in [0.2, 0.25) is 5.75 Å². The zero-order chi connectivity index (χ0) is 27.0. The van der Waals surface area contributed by atoms with Crippen LogP contribution < -0.4 is 9.68 Å². The van der Waals surface area contributed by atoms with Crippen LogP contribution in [0.3, 0.4) is 0 Å². The predicted octanol–water partition coefficient (Wildman–Crippen LogP) is 7.76. The first kappa shape index (κ1) is 26.3. The quantitative estimate of drug-likeness (QED) is 0.286. The molecule has 11 heteroatoms. The summed E-state index contributed by atoms with van der Waals surface area (Å²) in [4.78, 5) is 2.97. The molecule has 38 heavy (non-hydrogen) atoms. The van der Waals surface area contributed by atoms with E-state index in [1.54, 1.807) is 24.3 Å². The van der Waals surface area contributed by atoms with Crippen LogP contribution in [0, 0.1) is 35.1 Å². The van der Waals surface area contributed by atoms with Crippen LogP contribution in [0.25, 0.3) is 11.1 Å². The van der Waals surface area contributed by atoms with E-state index in [1.807, 2.05) is 0 Å². The smallest absolute Gasteiger partial charge is 0.429 e. The van der Waals surface area contributed by atoms with E-state index in [-0.39, 0.29) is 17.7 Å². The van der Waals surface area contributed by atoms with Crippen LogP contribution in [0.2, 0.25) is 0 Å². The number of alkyl halides is 2. The van der Waals surface area contributed by atoms with Crippen molar-refractivity contribution in [1.29, 1.82) is 0 Å². The van der Waals surface area contributed by atoms with Crippen LogP contribution in [0.4, 0.5) is 30.9 Å². The van der Waals surface area contributed by atoms with Gasteiger partial charge in [0, 0.05) is 28.1 Å². The standard InChI is InChI=1S/C27H21F7O4/c28-20-8-17(15-4-6-16(7-5-15)26-35-12-18(13-36-26)14-2-1-3-14)9-21(29)24(20)27(32,33)37-19-10-22(30)25(38-34)23(31)11-19/h4-11,14,18,26H,1-3,12-13H2. The minimum absolute atomic E-state index is 0.0387. The van der Waals surface area contributed by atoms with Crippen LogP contribution in [0.1, 0.15) is 36.7 Å². The van der Waals surface area contributed by atoms with Gasteiger partial charge in [0.15, 0.2) is 17.9 Å². The number of hydrogen-bond acceptors (Lipinski definition) is 4. The summed E-state index contributed by atoms with van der Waals surface area (Å²) in [6.45, 7) is 1.16. The van der Waals surface area contributed by atoms with E-state index in [0.29, 0.717) is 48.3 Å². The summed E-state index contributed by atoms with van der Waals surface area (Å²) in [5.74, 6) is -8.32. The average molecular weight is 542 g/mol. The maximum absolute atomic E-state index is 14.7. The summed E-state index contributed by atoms with van der Waals surface area (Å²) in [6.07, 6.45) is -1.65. The van der Waals surface area contributed by atoms with Crippen molar-refractivity contribution in [3.05, 3.63) is 82.9 Å². The number of benzene rings is 3. The van der Waals surface area contributed by atoms with E-state index >= 15 is 0 Å². The van der Waals surface area contributed by atoms with Crippen molar-refractivity contribution < 1.29 is 50.0 Å². The monoisotopic (exact) mass is 542 g/mol. The summed E-state index contributed by atoms with van der Waals surface area (Å²) in [5, 5.41) is 0. The van der Waals surface area contributed by atoms with Gasteiger partial charge in [-0.15, -0.1) is 0 Å². The Hall–Kier alpha value is -3.31. The van der Waals surface area contributed by atoms with Crippen molar-refractivity contribution in [3.63, 3.8) is 0 Å². The molecule has 0 aromatic heterocycles. The van der Waals surface area contributed by atoms with Gasteiger partial charge in [0.05, 0.1) is 13.2 Å². The number of halogens is 7. The van der Waals surface area contributed by atoms with Crippen LogP contribution in [-0.2, 0) is 15.6 Å². The lowest BCUT2D eigenvalue weighted by molar-refractivity contribution is -0.216. The maximum Gasteiger partial charge on any atom is 0.432 e. The van der Waals surface area contributed by atoms with Gasteiger partial charge in [-0.05, 0) is 29.2 Å². The number of ether oxygens (including phenoxy) is 3.